The molecule has 1 heterocycles. The molecule has 27 heavy (non-hydrogen) atoms. The predicted octanol–water partition coefficient (Wildman–Crippen LogP) is 3.96. The van der Waals surface area contributed by atoms with Gasteiger partial charge in [0.25, 0.3) is 5.91 Å². The fourth-order valence-electron chi connectivity index (χ4n) is 3.25. The van der Waals surface area contributed by atoms with Crippen LogP contribution in [0.25, 0.3) is 0 Å². The standard InChI is InChI=1S/C22H26N2O3/c1-21(2,3)16-8-6-15(7-9-16)14-24-19(25)22(4,23-20(24)26)17-10-12-18(27-5)13-11-17/h6-13H,14H2,1-5H3,(H,23,26)/t22-/m0/s1. The molecule has 0 unspecified atom stereocenters. The van der Waals surface area contributed by atoms with Crippen molar-refractivity contribution in [1.29, 1.82) is 0 Å². The van der Waals surface area contributed by atoms with Gasteiger partial charge in [-0.05, 0) is 41.2 Å². The number of amides is 3. The maximum atomic E-state index is 13.0. The Morgan fingerprint density at radius 2 is 1.59 bits per heavy atom. The summed E-state index contributed by atoms with van der Waals surface area (Å²) in [7, 11) is 1.59. The minimum atomic E-state index is -1.07. The quantitative estimate of drug-likeness (QED) is 0.833. The fourth-order valence-corrected chi connectivity index (χ4v) is 3.25. The second kappa shape index (κ2) is 6.72. The summed E-state index contributed by atoms with van der Waals surface area (Å²) in [5, 5.41) is 2.84. The number of nitrogens with zero attached hydrogens (tertiary/aromatic N) is 1. The van der Waals surface area contributed by atoms with Gasteiger partial charge in [0.2, 0.25) is 0 Å². The minimum Gasteiger partial charge on any atom is -0.497 e. The lowest BCUT2D eigenvalue weighted by Crippen LogP contribution is -2.40. The number of methoxy groups -OCH3 is 1. The van der Waals surface area contributed by atoms with Crippen LogP contribution in [0.4, 0.5) is 4.79 Å². The molecule has 2 aromatic rings. The second-order valence-corrected chi connectivity index (χ2v) is 8.12. The van der Waals surface area contributed by atoms with Crippen LogP contribution in [0.5, 0.6) is 5.75 Å². The Balaban J connectivity index is 1.81. The Morgan fingerprint density at radius 3 is 2.11 bits per heavy atom. The van der Waals surface area contributed by atoms with Crippen molar-refractivity contribution in [3.8, 4) is 5.75 Å². The average molecular weight is 366 g/mol. The highest BCUT2D eigenvalue weighted by molar-refractivity contribution is 6.07. The van der Waals surface area contributed by atoms with Gasteiger partial charge in [0.1, 0.15) is 11.3 Å². The molecular formula is C22H26N2O3. The number of imide groups is 1. The summed E-state index contributed by atoms with van der Waals surface area (Å²) in [6, 6.07) is 14.9. The Labute approximate surface area is 160 Å². The van der Waals surface area contributed by atoms with E-state index < -0.39 is 5.54 Å². The number of benzene rings is 2. The normalized spacial score (nSPS) is 20.0. The van der Waals surface area contributed by atoms with Crippen molar-refractivity contribution in [2.24, 2.45) is 0 Å². The Bertz CT molecular complexity index is 851. The Kier molecular flexibility index (Phi) is 4.72. The van der Waals surface area contributed by atoms with Crippen LogP contribution < -0.4 is 10.1 Å². The first-order chi connectivity index (χ1) is 12.6. The molecule has 5 heteroatoms. The third kappa shape index (κ3) is 3.54. The van der Waals surface area contributed by atoms with Gasteiger partial charge in [0, 0.05) is 0 Å². The van der Waals surface area contributed by atoms with Gasteiger partial charge in [-0.25, -0.2) is 4.79 Å². The molecule has 0 saturated carbocycles. The third-order valence-electron chi connectivity index (χ3n) is 5.10. The van der Waals surface area contributed by atoms with Crippen LogP contribution in [0.3, 0.4) is 0 Å². The number of hydrogen-bond acceptors (Lipinski definition) is 3. The zero-order chi connectivity index (χ0) is 19.8. The van der Waals surface area contributed by atoms with Gasteiger partial charge >= 0.3 is 6.03 Å². The number of ether oxygens (including phenoxy) is 1. The molecule has 0 bridgehead atoms. The molecule has 0 spiro atoms. The van der Waals surface area contributed by atoms with Crippen molar-refractivity contribution >= 4 is 11.9 Å². The van der Waals surface area contributed by atoms with Crippen molar-refractivity contribution in [2.45, 2.75) is 45.2 Å². The van der Waals surface area contributed by atoms with E-state index in [1.807, 2.05) is 12.1 Å². The molecule has 0 aliphatic carbocycles. The Hall–Kier alpha value is -2.82. The van der Waals surface area contributed by atoms with Crippen LogP contribution in [0.1, 0.15) is 44.4 Å². The zero-order valence-electron chi connectivity index (χ0n) is 16.5. The van der Waals surface area contributed by atoms with E-state index in [4.69, 9.17) is 4.74 Å². The molecule has 1 aliphatic heterocycles. The number of carbonyl (C=O) groups excluding carboxylic acids is 2. The molecule has 5 nitrogen and oxygen atoms in total. The number of carbonyl (C=O) groups is 2. The topological polar surface area (TPSA) is 58.6 Å². The molecule has 0 radical (unpaired) electrons. The smallest absolute Gasteiger partial charge is 0.325 e. The van der Waals surface area contributed by atoms with Gasteiger partial charge < -0.3 is 10.1 Å². The van der Waals surface area contributed by atoms with Crippen molar-refractivity contribution in [1.82, 2.24) is 10.2 Å². The van der Waals surface area contributed by atoms with E-state index in [2.05, 4.69) is 38.2 Å². The first kappa shape index (κ1) is 19.0. The van der Waals surface area contributed by atoms with Gasteiger partial charge in [-0.1, -0.05) is 57.2 Å². The van der Waals surface area contributed by atoms with Crippen molar-refractivity contribution < 1.29 is 14.3 Å². The number of hydrogen-bond donors (Lipinski definition) is 1. The van der Waals surface area contributed by atoms with E-state index >= 15 is 0 Å². The van der Waals surface area contributed by atoms with Gasteiger partial charge in [-0.3, -0.25) is 9.69 Å². The minimum absolute atomic E-state index is 0.0618. The van der Waals surface area contributed by atoms with Gasteiger partial charge in [0.05, 0.1) is 13.7 Å². The average Bonchev–Trinajstić information content (AvgIpc) is 2.85. The van der Waals surface area contributed by atoms with E-state index in [0.717, 1.165) is 11.1 Å². The summed E-state index contributed by atoms with van der Waals surface area (Å²) in [6.45, 7) is 8.44. The summed E-state index contributed by atoms with van der Waals surface area (Å²) in [5.41, 5.74) is 1.85. The van der Waals surface area contributed by atoms with E-state index in [1.165, 1.54) is 10.5 Å². The lowest BCUT2D eigenvalue weighted by molar-refractivity contribution is -0.131. The first-order valence-corrected chi connectivity index (χ1v) is 9.03. The maximum absolute atomic E-state index is 13.0. The molecule has 3 amide bonds. The first-order valence-electron chi connectivity index (χ1n) is 9.03. The summed E-state index contributed by atoms with van der Waals surface area (Å²) in [6.07, 6.45) is 0. The van der Waals surface area contributed by atoms with Gasteiger partial charge in [-0.15, -0.1) is 0 Å². The van der Waals surface area contributed by atoms with Crippen molar-refractivity contribution in [3.05, 3.63) is 65.2 Å². The summed E-state index contributed by atoms with van der Waals surface area (Å²) >= 11 is 0. The zero-order valence-corrected chi connectivity index (χ0v) is 16.5. The lowest BCUT2D eigenvalue weighted by atomic mass is 9.86. The van der Waals surface area contributed by atoms with Crippen LogP contribution >= 0.6 is 0 Å². The van der Waals surface area contributed by atoms with Gasteiger partial charge in [-0.2, -0.15) is 0 Å². The molecule has 3 rings (SSSR count). The molecule has 1 fully saturated rings. The van der Waals surface area contributed by atoms with Crippen molar-refractivity contribution in [2.75, 3.05) is 7.11 Å². The lowest BCUT2D eigenvalue weighted by Gasteiger charge is -2.23. The Morgan fingerprint density at radius 1 is 1.00 bits per heavy atom. The predicted molar refractivity (Wildman–Crippen MR) is 105 cm³/mol. The van der Waals surface area contributed by atoms with E-state index in [-0.39, 0.29) is 23.9 Å². The van der Waals surface area contributed by atoms with Crippen molar-refractivity contribution in [3.63, 3.8) is 0 Å². The van der Waals surface area contributed by atoms with E-state index in [1.54, 1.807) is 38.3 Å². The highest BCUT2D eigenvalue weighted by atomic mass is 16.5. The molecule has 0 aromatic heterocycles. The summed E-state index contributed by atoms with van der Waals surface area (Å²) in [4.78, 5) is 26.8. The molecule has 1 aliphatic rings. The summed E-state index contributed by atoms with van der Waals surface area (Å²) in [5.74, 6) is 0.451. The summed E-state index contributed by atoms with van der Waals surface area (Å²) < 4.78 is 5.16. The molecule has 1 saturated heterocycles. The third-order valence-corrected chi connectivity index (χ3v) is 5.10. The highest BCUT2D eigenvalue weighted by Crippen LogP contribution is 2.31. The highest BCUT2D eigenvalue weighted by Gasteiger charge is 2.48. The maximum Gasteiger partial charge on any atom is 0.325 e. The van der Waals surface area contributed by atoms with E-state index in [0.29, 0.717) is 5.75 Å². The van der Waals surface area contributed by atoms with Crippen LogP contribution in [0.15, 0.2) is 48.5 Å². The monoisotopic (exact) mass is 366 g/mol. The van der Waals surface area contributed by atoms with Crippen LogP contribution in [0, 0.1) is 0 Å². The number of urea groups is 1. The van der Waals surface area contributed by atoms with Crippen LogP contribution in [0.2, 0.25) is 0 Å². The second-order valence-electron chi connectivity index (χ2n) is 8.12. The molecule has 1 atom stereocenters. The number of nitrogens with one attached hydrogen (secondary N) is 1. The largest absolute Gasteiger partial charge is 0.497 e. The van der Waals surface area contributed by atoms with E-state index in [9.17, 15) is 9.59 Å². The van der Waals surface area contributed by atoms with Crippen LogP contribution in [-0.4, -0.2) is 23.9 Å². The molecular weight excluding hydrogens is 340 g/mol. The SMILES string of the molecule is COc1ccc([C@]2(C)NC(=O)N(Cc3ccc(C(C)(C)C)cc3)C2=O)cc1. The van der Waals surface area contributed by atoms with Crippen LogP contribution in [-0.2, 0) is 22.3 Å². The molecule has 2 aromatic carbocycles. The van der Waals surface area contributed by atoms with Gasteiger partial charge in [0.15, 0.2) is 0 Å². The molecule has 142 valence electrons. The fraction of sp³-hybridized carbons (Fsp3) is 0.364. The molecule has 1 N–H and O–H groups in total. The number of rotatable bonds is 4.